The van der Waals surface area contributed by atoms with Crippen molar-refractivity contribution in [3.05, 3.63) is 149 Å². The van der Waals surface area contributed by atoms with Crippen LogP contribution in [0.5, 0.6) is 0 Å². The van der Waals surface area contributed by atoms with Gasteiger partial charge in [0.1, 0.15) is 22.4 Å². The van der Waals surface area contributed by atoms with Crippen LogP contribution in [0, 0.1) is 0 Å². The van der Waals surface area contributed by atoms with E-state index in [1.165, 1.54) is 0 Å². The van der Waals surface area contributed by atoms with E-state index in [0.29, 0.717) is 0 Å². The summed E-state index contributed by atoms with van der Waals surface area (Å²) in [6.45, 7) is 6.56. The van der Waals surface area contributed by atoms with Crippen LogP contribution in [0.15, 0.2) is 136 Å². The van der Waals surface area contributed by atoms with Crippen molar-refractivity contribution >= 4 is 90.8 Å². The number of H-pyrrole nitrogens is 2. The molecule has 0 fully saturated rings. The molecule has 12 rings (SSSR count). The summed E-state index contributed by atoms with van der Waals surface area (Å²) in [6, 6.07) is 14.1. The Kier molecular flexibility index (Phi) is 5.51. The Morgan fingerprint density at radius 2 is 1.49 bits per heavy atom. The molecule has 0 radical (unpaired) electrons. The minimum absolute atomic E-state index is 0.177. The lowest BCUT2D eigenvalue weighted by Crippen LogP contribution is -2.38. The number of rotatable bonds is 0. The third-order valence-electron chi connectivity index (χ3n) is 10.9. The summed E-state index contributed by atoms with van der Waals surface area (Å²) < 4.78 is 0. The fraction of sp³-hybridized carbons (Fsp3) is 0.0682. The van der Waals surface area contributed by atoms with Crippen LogP contribution in [0.25, 0.3) is 50.9 Å². The third kappa shape index (κ3) is 4.10. The van der Waals surface area contributed by atoms with Crippen LogP contribution in [-0.4, -0.2) is 49.2 Å². The van der Waals surface area contributed by atoms with E-state index in [1.54, 1.807) is 0 Å². The van der Waals surface area contributed by atoms with Crippen LogP contribution in [0.2, 0.25) is 0 Å². The normalized spacial score (nSPS) is 21.2. The van der Waals surface area contributed by atoms with Crippen LogP contribution in [0.4, 0.5) is 22.7 Å². The quantitative estimate of drug-likeness (QED) is 0.122. The van der Waals surface area contributed by atoms with E-state index in [2.05, 4.69) is 131 Å². The molecule has 2 aromatic carbocycles. The van der Waals surface area contributed by atoms with Gasteiger partial charge in [-0.05, 0) is 72.7 Å². The number of aliphatic imine (C=N–C) groups is 3. The summed E-state index contributed by atoms with van der Waals surface area (Å²) in [6.07, 6.45) is 23.2. The minimum Gasteiger partial charge on any atom is -0.370 e. The summed E-state index contributed by atoms with van der Waals surface area (Å²) in [5.74, 6) is 0. The van der Waals surface area contributed by atoms with Gasteiger partial charge < -0.3 is 20.6 Å². The maximum atomic E-state index is 5.60. The predicted molar refractivity (Wildman–Crippen MR) is 217 cm³/mol. The molecule has 250 valence electrons. The van der Waals surface area contributed by atoms with E-state index >= 15 is 0 Å². The first-order valence-corrected chi connectivity index (χ1v) is 17.8. The zero-order valence-corrected chi connectivity index (χ0v) is 28.5. The Bertz CT molecular complexity index is 2970. The number of nitrogens with one attached hydrogen (secondary N) is 4. The second-order valence-corrected chi connectivity index (χ2v) is 14.2. The molecule has 4 N–H and O–H groups in total. The molecule has 14 bridgehead atoms. The van der Waals surface area contributed by atoms with E-state index in [0.717, 1.165) is 124 Å². The lowest BCUT2D eigenvalue weighted by molar-refractivity contribution is 1.10. The molecule has 0 saturated heterocycles. The highest BCUT2D eigenvalue weighted by Crippen LogP contribution is 2.53. The van der Waals surface area contributed by atoms with Gasteiger partial charge in [-0.3, -0.25) is 0 Å². The molecular weight excluding hydrogens is 655 g/mol. The number of nitrogens with zero attached hydrogens (tertiary/aromatic N) is 5. The molecule has 3 aromatic heterocycles. The summed E-state index contributed by atoms with van der Waals surface area (Å²) in [5, 5.41) is 7.80. The Labute approximate surface area is 303 Å². The van der Waals surface area contributed by atoms with Gasteiger partial charge in [0.2, 0.25) is 0 Å². The van der Waals surface area contributed by atoms with E-state index in [1.807, 2.05) is 12.1 Å². The van der Waals surface area contributed by atoms with Gasteiger partial charge in [0.05, 0.1) is 57.3 Å². The molecule has 2 aliphatic carbocycles. The Hall–Kier alpha value is -7.13. The summed E-state index contributed by atoms with van der Waals surface area (Å²) in [4.78, 5) is 34.3. The predicted octanol–water partition coefficient (Wildman–Crippen LogP) is 9.20. The van der Waals surface area contributed by atoms with Gasteiger partial charge in [0.15, 0.2) is 0 Å². The van der Waals surface area contributed by atoms with Crippen LogP contribution >= 0.6 is 0 Å². The molecule has 9 nitrogen and oxygen atoms in total. The minimum atomic E-state index is -0.314. The van der Waals surface area contributed by atoms with Crippen LogP contribution in [0.3, 0.4) is 0 Å². The summed E-state index contributed by atoms with van der Waals surface area (Å²) >= 11 is 0. The van der Waals surface area contributed by atoms with Gasteiger partial charge in [0, 0.05) is 45.1 Å². The van der Waals surface area contributed by atoms with Gasteiger partial charge in [-0.25, -0.2) is 24.9 Å². The van der Waals surface area contributed by atoms with E-state index in [9.17, 15) is 0 Å². The highest BCUT2D eigenvalue weighted by Gasteiger charge is 2.39. The van der Waals surface area contributed by atoms with Gasteiger partial charge in [-0.1, -0.05) is 61.2 Å². The maximum Gasteiger partial charge on any atom is 0.117 e. The van der Waals surface area contributed by atoms with Crippen LogP contribution in [0.1, 0.15) is 35.3 Å². The molecule has 0 amide bonds. The van der Waals surface area contributed by atoms with Crippen LogP contribution < -0.4 is 10.6 Å². The number of para-hydroxylation sites is 1. The number of aromatic amines is 2. The first-order chi connectivity index (χ1) is 26.0. The van der Waals surface area contributed by atoms with Gasteiger partial charge in [-0.2, -0.15) is 0 Å². The molecule has 5 aromatic rings. The molecule has 8 heterocycles. The summed E-state index contributed by atoms with van der Waals surface area (Å²) in [7, 11) is 0. The Morgan fingerprint density at radius 3 is 2.42 bits per heavy atom. The maximum absolute atomic E-state index is 5.60. The number of hydrogen-bond donors (Lipinski definition) is 4. The zero-order valence-electron chi connectivity index (χ0n) is 28.5. The molecule has 0 saturated carbocycles. The van der Waals surface area contributed by atoms with E-state index in [-0.39, 0.29) is 12.1 Å². The first kappa shape index (κ1) is 28.6. The number of allylic oxidation sites excluding steroid dienone is 10. The largest absolute Gasteiger partial charge is 0.370 e. The summed E-state index contributed by atoms with van der Waals surface area (Å²) in [5.41, 5.74) is 19.4. The van der Waals surface area contributed by atoms with Crippen molar-refractivity contribution in [2.24, 2.45) is 15.0 Å². The first-order valence-electron chi connectivity index (χ1n) is 17.8. The Morgan fingerprint density at radius 1 is 0.679 bits per heavy atom. The fourth-order valence-corrected chi connectivity index (χ4v) is 8.35. The van der Waals surface area contributed by atoms with Crippen LogP contribution in [-0.2, 0) is 0 Å². The molecule has 2 unspecified atom stereocenters. The van der Waals surface area contributed by atoms with Crippen molar-refractivity contribution in [2.75, 3.05) is 10.6 Å². The van der Waals surface area contributed by atoms with Crippen molar-refractivity contribution in [3.8, 4) is 0 Å². The molecule has 0 spiro atoms. The SMILES string of the molecule is C=C1C=CC(C)=Cc2ccc([nH]2)C2=CC=C3C4=NC(=Cc5ccc([nH]5)C5=CC=CC6Nc7c(c8c(c9nc%10c1cccc%10nc79)NC2C3=N8)N=C56)C=C4. The van der Waals surface area contributed by atoms with Crippen molar-refractivity contribution in [2.45, 2.75) is 19.0 Å². The average molecular weight is 684 g/mol. The topological polar surface area (TPSA) is 118 Å². The van der Waals surface area contributed by atoms with Crippen molar-refractivity contribution in [3.63, 3.8) is 0 Å². The molecular formula is C44H29N9. The van der Waals surface area contributed by atoms with Gasteiger partial charge in [-0.15, -0.1) is 0 Å². The standard InChI is InChI=1S/C44H29N9/c1-21-9-10-22(2)26-5-3-7-33-35(26)50-41-39(48-33)40-42-44-43(41)52-37-28(31-16-11-23(19-21)45-31)14-15-29(38(37)53-44)32-18-13-25(47-32)20-24-12-17-30(46-24)27-6-4-8-34(49-40)36(27)51-42/h3-20,34,37,45-46,49,52H,2H2,1H3. The number of benzene rings is 2. The molecule has 5 aliphatic heterocycles. The molecule has 53 heavy (non-hydrogen) atoms. The number of hydrogen-bond acceptors (Lipinski definition) is 7. The van der Waals surface area contributed by atoms with Gasteiger partial charge >= 0.3 is 0 Å². The Balaban J connectivity index is 1.23. The number of anilines is 2. The molecule has 9 heteroatoms. The number of fused-ring (bicyclic) bond motifs is 9. The highest BCUT2D eigenvalue weighted by molar-refractivity contribution is 6.37. The van der Waals surface area contributed by atoms with Crippen molar-refractivity contribution < 1.29 is 0 Å². The smallest absolute Gasteiger partial charge is 0.117 e. The van der Waals surface area contributed by atoms with E-state index < -0.39 is 0 Å². The monoisotopic (exact) mass is 683 g/mol. The third-order valence-corrected chi connectivity index (χ3v) is 10.9. The van der Waals surface area contributed by atoms with Crippen molar-refractivity contribution in [1.82, 2.24) is 19.9 Å². The van der Waals surface area contributed by atoms with Gasteiger partial charge in [0.25, 0.3) is 0 Å². The average Bonchev–Trinajstić information content (AvgIpc) is 3.96. The van der Waals surface area contributed by atoms with Crippen molar-refractivity contribution in [1.29, 1.82) is 0 Å². The number of aromatic nitrogens is 4. The lowest BCUT2D eigenvalue weighted by Gasteiger charge is -2.35. The lowest BCUT2D eigenvalue weighted by atomic mass is 9.85. The molecule has 2 atom stereocenters. The molecule has 7 aliphatic rings. The second kappa shape index (κ2) is 10.2. The second-order valence-electron chi connectivity index (χ2n) is 14.2. The zero-order chi connectivity index (χ0) is 34.9. The van der Waals surface area contributed by atoms with E-state index in [4.69, 9.17) is 24.9 Å². The fourth-order valence-electron chi connectivity index (χ4n) is 8.35. The highest BCUT2D eigenvalue weighted by atomic mass is 15.1.